The molecule has 2 aliphatic rings. The van der Waals surface area contributed by atoms with E-state index in [4.69, 9.17) is 5.73 Å². The molecule has 110 valence electrons. The van der Waals surface area contributed by atoms with Crippen molar-refractivity contribution in [3.05, 3.63) is 0 Å². The van der Waals surface area contributed by atoms with Crippen LogP contribution in [0.15, 0.2) is 4.99 Å². The molecule has 0 unspecified atom stereocenters. The minimum Gasteiger partial charge on any atom is -0.370 e. The van der Waals surface area contributed by atoms with Crippen molar-refractivity contribution in [1.82, 2.24) is 4.90 Å². The van der Waals surface area contributed by atoms with Gasteiger partial charge in [0.1, 0.15) is 0 Å². The molecule has 0 bridgehead atoms. The quantitative estimate of drug-likeness (QED) is 0.832. The summed E-state index contributed by atoms with van der Waals surface area (Å²) in [7, 11) is 0. The van der Waals surface area contributed by atoms with Gasteiger partial charge in [0, 0.05) is 6.54 Å². The Balaban J connectivity index is 2.30. The molecular formula is C16H31N3. The minimum atomic E-state index is 0.166. The molecule has 1 heterocycles. The van der Waals surface area contributed by atoms with Gasteiger partial charge in [-0.15, -0.1) is 0 Å². The van der Waals surface area contributed by atoms with Crippen LogP contribution < -0.4 is 5.73 Å². The largest absolute Gasteiger partial charge is 0.370 e. The lowest BCUT2D eigenvalue weighted by Gasteiger charge is -2.54. The first-order chi connectivity index (χ1) is 8.55. The van der Waals surface area contributed by atoms with Crippen molar-refractivity contribution in [3.63, 3.8) is 0 Å². The predicted molar refractivity (Wildman–Crippen MR) is 82.2 cm³/mol. The van der Waals surface area contributed by atoms with Crippen molar-refractivity contribution in [2.24, 2.45) is 27.5 Å². The second-order valence-electron chi connectivity index (χ2n) is 8.76. The molecule has 0 radical (unpaired) electrons. The molecular weight excluding hydrogens is 234 g/mol. The van der Waals surface area contributed by atoms with Gasteiger partial charge in [0.25, 0.3) is 0 Å². The van der Waals surface area contributed by atoms with Crippen molar-refractivity contribution in [2.45, 2.75) is 66.3 Å². The number of nitrogens with two attached hydrogens (primary N) is 1. The van der Waals surface area contributed by atoms with E-state index < -0.39 is 0 Å². The average molecular weight is 265 g/mol. The van der Waals surface area contributed by atoms with Gasteiger partial charge < -0.3 is 10.6 Å². The Morgan fingerprint density at radius 3 is 2.11 bits per heavy atom. The minimum absolute atomic E-state index is 0.166. The van der Waals surface area contributed by atoms with Crippen LogP contribution in [0.4, 0.5) is 0 Å². The van der Waals surface area contributed by atoms with E-state index in [0.29, 0.717) is 16.7 Å². The first kappa shape index (κ1) is 14.7. The first-order valence-corrected chi connectivity index (χ1v) is 7.63. The van der Waals surface area contributed by atoms with E-state index in [1.165, 1.54) is 19.3 Å². The summed E-state index contributed by atoms with van der Waals surface area (Å²) in [4.78, 5) is 7.02. The average Bonchev–Trinajstić information content (AvgIpc) is 2.41. The molecule has 1 aliphatic carbocycles. The molecule has 19 heavy (non-hydrogen) atoms. The second-order valence-corrected chi connectivity index (χ2v) is 8.76. The fourth-order valence-electron chi connectivity index (χ4n) is 4.86. The monoisotopic (exact) mass is 265 g/mol. The molecule has 0 aromatic carbocycles. The molecule has 1 spiro atoms. The highest BCUT2D eigenvalue weighted by atomic mass is 15.4. The van der Waals surface area contributed by atoms with Crippen LogP contribution in [0.5, 0.6) is 0 Å². The van der Waals surface area contributed by atoms with Crippen molar-refractivity contribution in [2.75, 3.05) is 13.1 Å². The van der Waals surface area contributed by atoms with Gasteiger partial charge in [-0.05, 0) is 36.0 Å². The van der Waals surface area contributed by atoms with E-state index in [2.05, 4.69) is 51.4 Å². The number of hydrogen-bond donors (Lipinski definition) is 1. The summed E-state index contributed by atoms with van der Waals surface area (Å²) in [6, 6.07) is 0. The van der Waals surface area contributed by atoms with Crippen LogP contribution in [0.1, 0.15) is 60.8 Å². The van der Waals surface area contributed by atoms with Gasteiger partial charge >= 0.3 is 0 Å². The molecule has 0 saturated heterocycles. The van der Waals surface area contributed by atoms with E-state index in [1.54, 1.807) is 0 Å². The fourth-order valence-corrected chi connectivity index (χ4v) is 4.86. The number of rotatable bonds is 2. The number of hydrogen-bond acceptors (Lipinski definition) is 3. The summed E-state index contributed by atoms with van der Waals surface area (Å²) >= 11 is 0. The summed E-state index contributed by atoms with van der Waals surface area (Å²) in [5.74, 6) is 1.39. The van der Waals surface area contributed by atoms with Gasteiger partial charge in [-0.1, -0.05) is 41.5 Å². The highest BCUT2D eigenvalue weighted by Crippen LogP contribution is 2.53. The molecule has 1 saturated carbocycles. The van der Waals surface area contributed by atoms with Crippen LogP contribution in [0.25, 0.3) is 0 Å². The maximum atomic E-state index is 6.19. The van der Waals surface area contributed by atoms with Crippen LogP contribution in [0.2, 0.25) is 0 Å². The van der Waals surface area contributed by atoms with Crippen LogP contribution in [-0.2, 0) is 0 Å². The van der Waals surface area contributed by atoms with E-state index in [0.717, 1.165) is 19.0 Å². The third kappa shape index (κ3) is 2.90. The standard InChI is InChI=1S/C16H31N3/c1-12(2)7-19-13(17)18-11-16(19)9-14(3,4)8-15(5,6)10-16/h12H,7-11H2,1-6H3,(H2,17,18). The maximum absolute atomic E-state index is 6.19. The molecule has 0 aromatic rings. The molecule has 0 atom stereocenters. The van der Waals surface area contributed by atoms with Gasteiger partial charge in [0.15, 0.2) is 5.96 Å². The van der Waals surface area contributed by atoms with E-state index in [-0.39, 0.29) is 5.54 Å². The van der Waals surface area contributed by atoms with Crippen LogP contribution in [-0.4, -0.2) is 29.5 Å². The third-order valence-corrected chi connectivity index (χ3v) is 4.50. The third-order valence-electron chi connectivity index (χ3n) is 4.50. The van der Waals surface area contributed by atoms with Crippen molar-refractivity contribution < 1.29 is 0 Å². The summed E-state index contributed by atoms with van der Waals surface area (Å²) in [6.07, 6.45) is 3.71. The van der Waals surface area contributed by atoms with Gasteiger partial charge in [0.05, 0.1) is 12.1 Å². The van der Waals surface area contributed by atoms with E-state index in [9.17, 15) is 0 Å². The first-order valence-electron chi connectivity index (χ1n) is 7.63. The Kier molecular flexibility index (Phi) is 3.39. The van der Waals surface area contributed by atoms with Gasteiger partial charge in [-0.25, -0.2) is 0 Å². The zero-order valence-electron chi connectivity index (χ0n) is 13.6. The van der Waals surface area contributed by atoms with Gasteiger partial charge in [-0.3, -0.25) is 4.99 Å². The van der Waals surface area contributed by atoms with Crippen LogP contribution in [0, 0.1) is 16.7 Å². The van der Waals surface area contributed by atoms with Gasteiger partial charge in [-0.2, -0.15) is 0 Å². The normalized spacial score (nSPS) is 27.9. The van der Waals surface area contributed by atoms with E-state index >= 15 is 0 Å². The second kappa shape index (κ2) is 4.39. The Morgan fingerprint density at radius 2 is 1.63 bits per heavy atom. The molecule has 3 nitrogen and oxygen atoms in total. The fraction of sp³-hybridized carbons (Fsp3) is 0.938. The van der Waals surface area contributed by atoms with E-state index in [1.807, 2.05) is 0 Å². The molecule has 0 aromatic heterocycles. The van der Waals surface area contributed by atoms with Crippen molar-refractivity contribution in [1.29, 1.82) is 0 Å². The van der Waals surface area contributed by atoms with Gasteiger partial charge in [0.2, 0.25) is 0 Å². The zero-order chi connectivity index (χ0) is 14.5. The predicted octanol–water partition coefficient (Wildman–Crippen LogP) is 3.25. The molecule has 2 rings (SSSR count). The Morgan fingerprint density at radius 1 is 1.11 bits per heavy atom. The molecule has 1 aliphatic heterocycles. The lowest BCUT2D eigenvalue weighted by atomic mass is 9.58. The molecule has 0 amide bonds. The molecule has 1 fully saturated rings. The Labute approximate surface area is 118 Å². The maximum Gasteiger partial charge on any atom is 0.191 e. The van der Waals surface area contributed by atoms with Crippen LogP contribution >= 0.6 is 0 Å². The number of guanidine groups is 1. The molecule has 3 heteroatoms. The SMILES string of the molecule is CC(C)CN1C(N)=NCC12CC(C)(C)CC(C)(C)C2. The summed E-state index contributed by atoms with van der Waals surface area (Å²) < 4.78 is 0. The number of aliphatic imine (C=N–C) groups is 1. The topological polar surface area (TPSA) is 41.6 Å². The summed E-state index contributed by atoms with van der Waals surface area (Å²) in [5.41, 5.74) is 7.10. The lowest BCUT2D eigenvalue weighted by Crippen LogP contribution is -2.59. The Hall–Kier alpha value is -0.730. The Bertz CT molecular complexity index is 363. The molecule has 2 N–H and O–H groups in total. The number of nitrogens with zero attached hydrogens (tertiary/aromatic N) is 2. The van der Waals surface area contributed by atoms with Crippen LogP contribution in [0.3, 0.4) is 0 Å². The van der Waals surface area contributed by atoms with Crippen molar-refractivity contribution in [3.8, 4) is 0 Å². The zero-order valence-corrected chi connectivity index (χ0v) is 13.6. The summed E-state index contributed by atoms with van der Waals surface area (Å²) in [6.45, 7) is 16.0. The smallest absolute Gasteiger partial charge is 0.191 e. The lowest BCUT2D eigenvalue weighted by molar-refractivity contribution is -0.00805. The van der Waals surface area contributed by atoms with Crippen molar-refractivity contribution >= 4 is 5.96 Å². The summed E-state index contributed by atoms with van der Waals surface area (Å²) in [5, 5.41) is 0. The highest BCUT2D eigenvalue weighted by molar-refractivity contribution is 5.81. The highest BCUT2D eigenvalue weighted by Gasteiger charge is 2.52.